The third-order valence-electron chi connectivity index (χ3n) is 3.62. The van der Waals surface area contributed by atoms with Gasteiger partial charge in [0.15, 0.2) is 0 Å². The summed E-state index contributed by atoms with van der Waals surface area (Å²) in [4.78, 5) is 24.3. The summed E-state index contributed by atoms with van der Waals surface area (Å²) < 4.78 is 24.7. The fraction of sp³-hybridized carbons (Fsp3) is 0.125. The van der Waals surface area contributed by atoms with Crippen LogP contribution in [-0.4, -0.2) is 26.0 Å². The van der Waals surface area contributed by atoms with Gasteiger partial charge in [-0.15, -0.1) is 0 Å². The van der Waals surface area contributed by atoms with Crippen LogP contribution in [0.15, 0.2) is 42.5 Å². The number of carbonyl (C=O) groups is 2. The predicted octanol–water partition coefficient (Wildman–Crippen LogP) is 3.31. The smallest absolute Gasteiger partial charge is 0.255 e. The van der Waals surface area contributed by atoms with Crippen molar-refractivity contribution in [3.63, 3.8) is 0 Å². The molecule has 130 valence electrons. The normalized spacial score (nSPS) is 16.1. The van der Waals surface area contributed by atoms with Crippen LogP contribution in [0, 0.1) is 0 Å². The van der Waals surface area contributed by atoms with Crippen molar-refractivity contribution in [2.45, 2.75) is 6.42 Å². The van der Waals surface area contributed by atoms with Crippen molar-refractivity contribution >= 4 is 56.4 Å². The van der Waals surface area contributed by atoms with Crippen molar-refractivity contribution in [1.82, 2.24) is 0 Å². The minimum Gasteiger partial charge on any atom is -0.319 e. The van der Waals surface area contributed by atoms with E-state index in [0.717, 1.165) is 4.31 Å². The van der Waals surface area contributed by atoms with Crippen molar-refractivity contribution in [1.29, 1.82) is 0 Å². The summed E-state index contributed by atoms with van der Waals surface area (Å²) in [5, 5.41) is 3.13. The molecule has 1 saturated heterocycles. The number of carbonyl (C=O) groups excluding carboxylic acids is 2. The monoisotopic (exact) mass is 398 g/mol. The summed E-state index contributed by atoms with van der Waals surface area (Å²) in [5.41, 5.74) is 0.551. The lowest BCUT2D eigenvalue weighted by molar-refractivity contribution is -0.116. The lowest BCUT2D eigenvalue weighted by Crippen LogP contribution is -2.29. The van der Waals surface area contributed by atoms with Crippen molar-refractivity contribution < 1.29 is 18.0 Å². The summed E-state index contributed by atoms with van der Waals surface area (Å²) in [6, 6.07) is 10.6. The lowest BCUT2D eigenvalue weighted by atomic mass is 10.1. The van der Waals surface area contributed by atoms with E-state index < -0.39 is 21.8 Å². The number of sulfonamides is 1. The summed E-state index contributed by atoms with van der Waals surface area (Å²) in [7, 11) is -3.69. The average molecular weight is 399 g/mol. The van der Waals surface area contributed by atoms with Crippen LogP contribution in [-0.2, 0) is 14.8 Å². The molecule has 0 atom stereocenters. The van der Waals surface area contributed by atoms with Gasteiger partial charge in [0.25, 0.3) is 5.91 Å². The Balaban J connectivity index is 1.92. The van der Waals surface area contributed by atoms with Gasteiger partial charge in [-0.3, -0.25) is 9.59 Å². The van der Waals surface area contributed by atoms with Gasteiger partial charge in [0.05, 0.1) is 27.2 Å². The highest BCUT2D eigenvalue weighted by atomic mass is 35.5. The van der Waals surface area contributed by atoms with E-state index in [9.17, 15) is 18.0 Å². The number of amides is 2. The van der Waals surface area contributed by atoms with Crippen LogP contribution in [0.5, 0.6) is 0 Å². The molecule has 6 nitrogen and oxygen atoms in total. The molecule has 0 aliphatic carbocycles. The highest BCUT2D eigenvalue weighted by molar-refractivity contribution is 7.94. The number of halogens is 2. The van der Waals surface area contributed by atoms with E-state index in [-0.39, 0.29) is 39.2 Å². The first-order valence-corrected chi connectivity index (χ1v) is 9.57. The topological polar surface area (TPSA) is 83.6 Å². The molecule has 1 N–H and O–H groups in total. The molecule has 2 aromatic carbocycles. The Bertz CT molecular complexity index is 956. The Labute approximate surface area is 154 Å². The Kier molecular flexibility index (Phi) is 4.73. The Hall–Kier alpha value is -2.09. The summed E-state index contributed by atoms with van der Waals surface area (Å²) in [6.07, 6.45) is -0.0754. The summed E-state index contributed by atoms with van der Waals surface area (Å²) in [5.74, 6) is -1.29. The number of anilines is 2. The van der Waals surface area contributed by atoms with Gasteiger partial charge in [-0.05, 0) is 30.3 Å². The largest absolute Gasteiger partial charge is 0.319 e. The van der Waals surface area contributed by atoms with E-state index in [0.29, 0.717) is 0 Å². The number of rotatable bonds is 3. The number of benzene rings is 2. The Morgan fingerprint density at radius 1 is 1.08 bits per heavy atom. The molecular weight excluding hydrogens is 387 g/mol. The highest BCUT2D eigenvalue weighted by Gasteiger charge is 2.36. The maximum Gasteiger partial charge on any atom is 0.255 e. The standard InChI is InChI=1S/C16H12Cl2N2O4S/c17-12-5-2-6-13(18)15(12)19-16(22)10-3-1-4-11(9-10)20-14(21)7-8-25(20,23)24/h1-6,9H,7-8H2,(H,19,22). The molecule has 2 amide bonds. The zero-order chi connectivity index (χ0) is 18.2. The van der Waals surface area contributed by atoms with Crippen molar-refractivity contribution in [3.05, 3.63) is 58.1 Å². The summed E-state index contributed by atoms with van der Waals surface area (Å²) >= 11 is 12.0. The van der Waals surface area contributed by atoms with Crippen molar-refractivity contribution in [2.75, 3.05) is 15.4 Å². The van der Waals surface area contributed by atoms with Crippen LogP contribution in [0.25, 0.3) is 0 Å². The third kappa shape index (κ3) is 3.49. The summed E-state index contributed by atoms with van der Waals surface area (Å²) in [6.45, 7) is 0. The molecule has 0 unspecified atom stereocenters. The molecule has 0 aromatic heterocycles. The van der Waals surface area contributed by atoms with E-state index in [1.165, 1.54) is 24.3 Å². The zero-order valence-corrected chi connectivity index (χ0v) is 15.0. The molecule has 3 rings (SSSR count). The van der Waals surface area contributed by atoms with Crippen LogP contribution >= 0.6 is 23.2 Å². The minimum absolute atomic E-state index is 0.0754. The second-order valence-corrected chi connectivity index (χ2v) is 8.08. The maximum atomic E-state index is 12.4. The molecule has 1 heterocycles. The number of hydrogen-bond donors (Lipinski definition) is 1. The fourth-order valence-corrected chi connectivity index (χ4v) is 4.39. The van der Waals surface area contributed by atoms with Gasteiger partial charge >= 0.3 is 0 Å². The maximum absolute atomic E-state index is 12.4. The Morgan fingerprint density at radius 3 is 2.32 bits per heavy atom. The molecule has 0 saturated carbocycles. The highest BCUT2D eigenvalue weighted by Crippen LogP contribution is 2.31. The van der Waals surface area contributed by atoms with Gasteiger partial charge in [0.2, 0.25) is 15.9 Å². The van der Waals surface area contributed by atoms with Gasteiger partial charge < -0.3 is 5.32 Å². The van der Waals surface area contributed by atoms with Gasteiger partial charge in [0.1, 0.15) is 0 Å². The lowest BCUT2D eigenvalue weighted by Gasteiger charge is -2.16. The second kappa shape index (κ2) is 6.67. The molecule has 9 heteroatoms. The van der Waals surface area contributed by atoms with Crippen LogP contribution in [0.3, 0.4) is 0 Å². The van der Waals surface area contributed by atoms with Crippen LogP contribution in [0.1, 0.15) is 16.8 Å². The molecule has 0 spiro atoms. The fourth-order valence-electron chi connectivity index (χ4n) is 2.45. The van der Waals surface area contributed by atoms with E-state index in [2.05, 4.69) is 5.32 Å². The van der Waals surface area contributed by atoms with E-state index in [1.54, 1.807) is 18.2 Å². The van der Waals surface area contributed by atoms with Crippen LogP contribution < -0.4 is 9.62 Å². The average Bonchev–Trinajstić information content (AvgIpc) is 2.84. The molecule has 0 bridgehead atoms. The SMILES string of the molecule is O=C(Nc1c(Cl)cccc1Cl)c1cccc(N2C(=O)CCS2(=O)=O)c1. The molecule has 1 aliphatic heterocycles. The molecule has 1 aliphatic rings. The van der Waals surface area contributed by atoms with Crippen molar-refractivity contribution in [2.24, 2.45) is 0 Å². The third-order valence-corrected chi connectivity index (χ3v) is 5.94. The van der Waals surface area contributed by atoms with Crippen LogP contribution in [0.4, 0.5) is 11.4 Å². The first-order chi connectivity index (χ1) is 11.8. The van der Waals surface area contributed by atoms with Gasteiger partial charge in [-0.1, -0.05) is 35.3 Å². The molecular formula is C16H12Cl2N2O4S. The Morgan fingerprint density at radius 2 is 1.72 bits per heavy atom. The first kappa shape index (κ1) is 17.7. The van der Waals surface area contributed by atoms with E-state index >= 15 is 0 Å². The van der Waals surface area contributed by atoms with E-state index in [4.69, 9.17) is 23.2 Å². The second-order valence-electron chi connectivity index (χ2n) is 5.33. The molecule has 1 fully saturated rings. The molecule has 25 heavy (non-hydrogen) atoms. The minimum atomic E-state index is -3.69. The number of nitrogens with zero attached hydrogens (tertiary/aromatic N) is 1. The quantitative estimate of drug-likeness (QED) is 0.859. The first-order valence-electron chi connectivity index (χ1n) is 7.21. The van der Waals surface area contributed by atoms with Gasteiger partial charge in [-0.2, -0.15) is 0 Å². The molecule has 0 radical (unpaired) electrons. The van der Waals surface area contributed by atoms with Gasteiger partial charge in [0, 0.05) is 12.0 Å². The predicted molar refractivity (Wildman–Crippen MR) is 96.7 cm³/mol. The van der Waals surface area contributed by atoms with Crippen LogP contribution in [0.2, 0.25) is 10.0 Å². The number of para-hydroxylation sites is 1. The zero-order valence-electron chi connectivity index (χ0n) is 12.7. The molecule has 2 aromatic rings. The van der Waals surface area contributed by atoms with E-state index in [1.807, 2.05) is 0 Å². The number of nitrogens with one attached hydrogen (secondary N) is 1. The van der Waals surface area contributed by atoms with Crippen molar-refractivity contribution in [3.8, 4) is 0 Å². The van der Waals surface area contributed by atoms with Gasteiger partial charge in [-0.25, -0.2) is 12.7 Å². The number of hydrogen-bond acceptors (Lipinski definition) is 4.